The first-order chi connectivity index (χ1) is 16.0. The van der Waals surface area contributed by atoms with E-state index in [4.69, 9.17) is 9.47 Å². The molecule has 1 heterocycles. The monoisotopic (exact) mass is 442 g/mol. The number of rotatable bonds is 7. The highest BCUT2D eigenvalue weighted by molar-refractivity contribution is 5.99. The fraction of sp³-hybridized carbons (Fsp3) is 0.250. The van der Waals surface area contributed by atoms with Gasteiger partial charge in [-0.25, -0.2) is 4.79 Å². The Balaban J connectivity index is 1.81. The summed E-state index contributed by atoms with van der Waals surface area (Å²) in [6.07, 6.45) is 1.74. The van der Waals surface area contributed by atoms with Gasteiger partial charge in [0.2, 0.25) is 0 Å². The third kappa shape index (κ3) is 4.58. The molecule has 4 rings (SSSR count). The van der Waals surface area contributed by atoms with E-state index >= 15 is 0 Å². The molecule has 5 nitrogen and oxygen atoms in total. The van der Waals surface area contributed by atoms with Gasteiger partial charge in [-0.2, -0.15) is 0 Å². The van der Waals surface area contributed by atoms with Crippen LogP contribution in [0.4, 0.5) is 4.79 Å². The van der Waals surface area contributed by atoms with Crippen molar-refractivity contribution in [2.45, 2.75) is 27.3 Å². The molecule has 1 aromatic heterocycles. The zero-order valence-corrected chi connectivity index (χ0v) is 19.7. The quantitative estimate of drug-likeness (QED) is 0.327. The van der Waals surface area contributed by atoms with Crippen molar-refractivity contribution in [1.82, 2.24) is 9.47 Å². The lowest BCUT2D eigenvalue weighted by Gasteiger charge is -2.20. The van der Waals surface area contributed by atoms with E-state index in [2.05, 4.69) is 54.1 Å². The maximum atomic E-state index is 12.7. The molecule has 4 aromatic rings. The van der Waals surface area contributed by atoms with Gasteiger partial charge in [0.05, 0.1) is 13.7 Å². The van der Waals surface area contributed by atoms with Crippen LogP contribution in [-0.4, -0.2) is 35.8 Å². The van der Waals surface area contributed by atoms with Gasteiger partial charge in [0.15, 0.2) is 0 Å². The van der Waals surface area contributed by atoms with E-state index in [0.29, 0.717) is 25.4 Å². The molecule has 33 heavy (non-hydrogen) atoms. The standard InChI is InChI=1S/C28H30N2O3/c1-5-29(6-2)28(31)33-26-16-15-24-23(27(26)21-13-11-20(3)12-14-21)17-18-30(24)19-22-9-7-8-10-25(22)32-4/h7-18H,5-6,19H2,1-4H3. The molecule has 0 unspecified atom stereocenters. The zero-order valence-electron chi connectivity index (χ0n) is 19.7. The second-order valence-corrected chi connectivity index (χ2v) is 8.03. The first-order valence-electron chi connectivity index (χ1n) is 11.3. The van der Waals surface area contributed by atoms with Crippen molar-refractivity contribution in [3.05, 3.63) is 84.1 Å². The summed E-state index contributed by atoms with van der Waals surface area (Å²) in [6.45, 7) is 7.86. The SMILES string of the molecule is CCN(CC)C(=O)Oc1ccc2c(ccn2Cc2ccccc2OC)c1-c1ccc(C)cc1. The topological polar surface area (TPSA) is 43.7 Å². The van der Waals surface area contributed by atoms with Crippen LogP contribution < -0.4 is 9.47 Å². The summed E-state index contributed by atoms with van der Waals surface area (Å²) in [4.78, 5) is 14.4. The number of hydrogen-bond donors (Lipinski definition) is 0. The van der Waals surface area contributed by atoms with Gasteiger partial charge in [-0.05, 0) is 50.6 Å². The molecular weight excluding hydrogens is 412 g/mol. The number of methoxy groups -OCH3 is 1. The fourth-order valence-electron chi connectivity index (χ4n) is 4.15. The minimum absolute atomic E-state index is 0.332. The van der Waals surface area contributed by atoms with Gasteiger partial charge in [0.1, 0.15) is 11.5 Å². The molecule has 0 atom stereocenters. The first-order valence-corrected chi connectivity index (χ1v) is 11.3. The van der Waals surface area contributed by atoms with Gasteiger partial charge in [0.25, 0.3) is 0 Å². The molecule has 0 bridgehead atoms. The molecule has 0 aliphatic rings. The van der Waals surface area contributed by atoms with Crippen LogP contribution in [0.15, 0.2) is 72.9 Å². The summed E-state index contributed by atoms with van der Waals surface area (Å²) >= 11 is 0. The number of carbonyl (C=O) groups is 1. The van der Waals surface area contributed by atoms with Crippen LogP contribution in [0.25, 0.3) is 22.0 Å². The number of fused-ring (bicyclic) bond motifs is 1. The van der Waals surface area contributed by atoms with Crippen molar-refractivity contribution >= 4 is 17.0 Å². The van der Waals surface area contributed by atoms with Crippen LogP contribution in [-0.2, 0) is 6.54 Å². The van der Waals surface area contributed by atoms with Crippen LogP contribution >= 0.6 is 0 Å². The van der Waals surface area contributed by atoms with Crippen molar-refractivity contribution < 1.29 is 14.3 Å². The molecular formula is C28H30N2O3. The molecule has 0 aliphatic heterocycles. The Kier molecular flexibility index (Phi) is 6.68. The van der Waals surface area contributed by atoms with E-state index in [1.165, 1.54) is 5.56 Å². The number of aryl methyl sites for hydroxylation is 1. The average molecular weight is 443 g/mol. The molecule has 0 spiro atoms. The van der Waals surface area contributed by atoms with E-state index in [-0.39, 0.29) is 6.09 Å². The predicted octanol–water partition coefficient (Wildman–Crippen LogP) is 6.51. The van der Waals surface area contributed by atoms with Crippen LogP contribution in [0, 0.1) is 6.92 Å². The number of aromatic nitrogens is 1. The van der Waals surface area contributed by atoms with E-state index in [0.717, 1.165) is 33.3 Å². The summed E-state index contributed by atoms with van der Waals surface area (Å²) in [7, 11) is 1.69. The minimum Gasteiger partial charge on any atom is -0.496 e. The molecule has 1 amide bonds. The lowest BCUT2D eigenvalue weighted by atomic mass is 9.99. The Hall–Kier alpha value is -3.73. The Labute approximate surface area is 195 Å². The lowest BCUT2D eigenvalue weighted by molar-refractivity contribution is 0.157. The maximum Gasteiger partial charge on any atom is 0.415 e. The molecule has 3 aromatic carbocycles. The molecule has 0 aliphatic carbocycles. The Bertz CT molecular complexity index is 1250. The summed E-state index contributed by atoms with van der Waals surface area (Å²) in [5.74, 6) is 1.43. The van der Waals surface area contributed by atoms with Gasteiger partial charge < -0.3 is 18.9 Å². The number of carbonyl (C=O) groups excluding carboxylic acids is 1. The van der Waals surface area contributed by atoms with Crippen LogP contribution in [0.2, 0.25) is 0 Å². The van der Waals surface area contributed by atoms with Crippen molar-refractivity contribution in [1.29, 1.82) is 0 Å². The van der Waals surface area contributed by atoms with Crippen LogP contribution in [0.5, 0.6) is 11.5 Å². The van der Waals surface area contributed by atoms with Crippen LogP contribution in [0.3, 0.4) is 0 Å². The van der Waals surface area contributed by atoms with Crippen molar-refractivity contribution in [2.24, 2.45) is 0 Å². The highest BCUT2D eigenvalue weighted by atomic mass is 16.6. The first kappa shape index (κ1) is 22.5. The molecule has 5 heteroatoms. The Morgan fingerprint density at radius 1 is 0.909 bits per heavy atom. The molecule has 0 saturated carbocycles. The number of ether oxygens (including phenoxy) is 2. The molecule has 0 saturated heterocycles. The molecule has 0 N–H and O–H groups in total. The van der Waals surface area contributed by atoms with Gasteiger partial charge in [-0.3, -0.25) is 0 Å². The van der Waals surface area contributed by atoms with Crippen LogP contribution in [0.1, 0.15) is 25.0 Å². The second-order valence-electron chi connectivity index (χ2n) is 8.03. The lowest BCUT2D eigenvalue weighted by Crippen LogP contribution is -2.33. The third-order valence-corrected chi connectivity index (χ3v) is 6.01. The number of nitrogens with zero attached hydrogens (tertiary/aromatic N) is 2. The van der Waals surface area contributed by atoms with E-state index in [1.54, 1.807) is 12.0 Å². The Morgan fingerprint density at radius 2 is 1.64 bits per heavy atom. The smallest absolute Gasteiger partial charge is 0.415 e. The normalized spacial score (nSPS) is 10.9. The van der Waals surface area contributed by atoms with E-state index < -0.39 is 0 Å². The third-order valence-electron chi connectivity index (χ3n) is 6.01. The van der Waals surface area contributed by atoms with Gasteiger partial charge in [-0.1, -0.05) is 48.0 Å². The number of benzene rings is 3. The van der Waals surface area contributed by atoms with Crippen molar-refractivity contribution in [3.8, 4) is 22.6 Å². The van der Waals surface area contributed by atoms with Crippen molar-refractivity contribution in [3.63, 3.8) is 0 Å². The van der Waals surface area contributed by atoms with E-state index in [9.17, 15) is 4.79 Å². The molecule has 0 fully saturated rings. The second kappa shape index (κ2) is 9.82. The summed E-state index contributed by atoms with van der Waals surface area (Å²) in [5, 5.41) is 1.04. The summed E-state index contributed by atoms with van der Waals surface area (Å²) < 4.78 is 13.6. The molecule has 170 valence electrons. The summed E-state index contributed by atoms with van der Waals surface area (Å²) in [6, 6.07) is 22.4. The summed E-state index contributed by atoms with van der Waals surface area (Å²) in [5.41, 5.74) is 5.29. The largest absolute Gasteiger partial charge is 0.496 e. The van der Waals surface area contributed by atoms with Gasteiger partial charge in [-0.15, -0.1) is 0 Å². The Morgan fingerprint density at radius 3 is 2.33 bits per heavy atom. The maximum absolute atomic E-state index is 12.7. The highest BCUT2D eigenvalue weighted by Gasteiger charge is 2.19. The zero-order chi connectivity index (χ0) is 23.4. The number of amides is 1. The highest BCUT2D eigenvalue weighted by Crippen LogP contribution is 2.38. The van der Waals surface area contributed by atoms with Gasteiger partial charge in [0, 0.05) is 41.3 Å². The van der Waals surface area contributed by atoms with Gasteiger partial charge >= 0.3 is 6.09 Å². The van der Waals surface area contributed by atoms with E-state index in [1.807, 2.05) is 44.2 Å². The molecule has 0 radical (unpaired) electrons. The number of hydrogen-bond acceptors (Lipinski definition) is 3. The van der Waals surface area contributed by atoms with Crippen molar-refractivity contribution in [2.75, 3.05) is 20.2 Å². The fourth-order valence-corrected chi connectivity index (χ4v) is 4.15. The predicted molar refractivity (Wildman–Crippen MR) is 133 cm³/mol. The number of para-hydroxylation sites is 1. The minimum atomic E-state index is -0.332. The average Bonchev–Trinajstić information content (AvgIpc) is 3.23.